The Hall–Kier alpha value is -2.76. The largest absolute Gasteiger partial charge is 0.436 e. The van der Waals surface area contributed by atoms with Crippen LogP contribution in [0.3, 0.4) is 0 Å². The molecule has 1 aliphatic rings. The minimum Gasteiger partial charge on any atom is -0.366 e. The lowest BCUT2D eigenvalue weighted by Crippen LogP contribution is -2.28. The zero-order valence-electron chi connectivity index (χ0n) is 16.3. The molecule has 2 amide bonds. The van der Waals surface area contributed by atoms with Crippen molar-refractivity contribution in [3.05, 3.63) is 46.0 Å². The van der Waals surface area contributed by atoms with E-state index < -0.39 is 70.5 Å². The Kier molecular flexibility index (Phi) is 6.45. The molecule has 1 saturated carbocycles. The first-order chi connectivity index (χ1) is 14.8. The fraction of sp³-hybridized carbons (Fsp3) is 0.421. The van der Waals surface area contributed by atoms with E-state index in [1.54, 1.807) is 0 Å². The normalized spacial score (nSPS) is 16.7. The number of carbonyl (C=O) groups excluding carboxylic acids is 2. The van der Waals surface area contributed by atoms with Crippen molar-refractivity contribution in [2.75, 3.05) is 5.32 Å². The number of nitrogens with one attached hydrogen (secondary N) is 1. The second-order valence-electron chi connectivity index (χ2n) is 7.50. The maximum Gasteiger partial charge on any atom is 0.436 e. The first-order valence-electron chi connectivity index (χ1n) is 9.40. The van der Waals surface area contributed by atoms with Crippen molar-refractivity contribution >= 4 is 29.1 Å². The van der Waals surface area contributed by atoms with Gasteiger partial charge in [0.15, 0.2) is 5.69 Å². The molecule has 1 aromatic heterocycles. The average Bonchev–Trinajstić information content (AvgIpc) is 3.01. The van der Waals surface area contributed by atoms with E-state index in [2.05, 4.69) is 10.4 Å². The number of benzene rings is 1. The Morgan fingerprint density at radius 1 is 1.25 bits per heavy atom. The van der Waals surface area contributed by atoms with Crippen LogP contribution in [0, 0.1) is 11.7 Å². The second-order valence-corrected chi connectivity index (χ2v) is 7.88. The van der Waals surface area contributed by atoms with Crippen molar-refractivity contribution < 1.29 is 35.9 Å². The zero-order valence-corrected chi connectivity index (χ0v) is 17.0. The van der Waals surface area contributed by atoms with Gasteiger partial charge >= 0.3 is 6.18 Å². The molecule has 1 fully saturated rings. The third-order valence-corrected chi connectivity index (χ3v) is 5.49. The number of hydrogen-bond donors (Lipinski definition) is 2. The van der Waals surface area contributed by atoms with E-state index in [1.807, 2.05) is 0 Å². The summed E-state index contributed by atoms with van der Waals surface area (Å²) in [6.45, 7) is -0.232. The number of alkyl halides is 5. The molecule has 0 unspecified atom stereocenters. The summed E-state index contributed by atoms with van der Waals surface area (Å²) >= 11 is 5.83. The molecule has 1 heterocycles. The van der Waals surface area contributed by atoms with Gasteiger partial charge in [0.2, 0.25) is 5.92 Å². The Labute approximate surface area is 182 Å². The van der Waals surface area contributed by atoms with E-state index in [0.29, 0.717) is 0 Å². The summed E-state index contributed by atoms with van der Waals surface area (Å²) in [5.74, 6) is -6.45. The van der Waals surface area contributed by atoms with E-state index in [-0.39, 0.29) is 25.1 Å². The maximum absolute atomic E-state index is 13.6. The second kappa shape index (κ2) is 8.64. The number of nitrogens with zero attached hydrogens (tertiary/aromatic N) is 2. The van der Waals surface area contributed by atoms with Gasteiger partial charge < -0.3 is 11.1 Å². The summed E-state index contributed by atoms with van der Waals surface area (Å²) in [6.07, 6.45) is -5.75. The highest BCUT2D eigenvalue weighted by Gasteiger charge is 2.41. The monoisotopic (exact) mass is 482 g/mol. The third kappa shape index (κ3) is 5.17. The van der Waals surface area contributed by atoms with Crippen LogP contribution in [0.1, 0.15) is 52.2 Å². The minimum atomic E-state index is -4.97. The molecule has 1 aromatic carbocycles. The molecule has 2 aromatic rings. The number of halogens is 7. The van der Waals surface area contributed by atoms with Crippen LogP contribution in [-0.4, -0.2) is 27.5 Å². The van der Waals surface area contributed by atoms with E-state index in [0.717, 1.165) is 22.9 Å². The van der Waals surface area contributed by atoms with Gasteiger partial charge in [0, 0.05) is 25.1 Å². The highest BCUT2D eigenvalue weighted by Crippen LogP contribution is 2.39. The first-order valence-corrected chi connectivity index (χ1v) is 9.78. The van der Waals surface area contributed by atoms with E-state index in [4.69, 9.17) is 17.3 Å². The van der Waals surface area contributed by atoms with Crippen LogP contribution < -0.4 is 11.1 Å². The Bertz CT molecular complexity index is 1040. The molecular formula is C19H17ClF6N4O2. The van der Waals surface area contributed by atoms with Crippen LogP contribution in [0.4, 0.5) is 32.0 Å². The Balaban J connectivity index is 1.92. The number of anilines is 1. The number of carbonyl (C=O) groups is 2. The molecule has 13 heteroatoms. The fourth-order valence-corrected chi connectivity index (χ4v) is 3.81. The van der Waals surface area contributed by atoms with Gasteiger partial charge in [0.1, 0.15) is 16.5 Å². The van der Waals surface area contributed by atoms with Gasteiger partial charge in [-0.05, 0) is 37.0 Å². The van der Waals surface area contributed by atoms with Crippen molar-refractivity contribution in [3.63, 3.8) is 0 Å². The molecule has 0 saturated heterocycles. The highest BCUT2D eigenvalue weighted by atomic mass is 35.5. The van der Waals surface area contributed by atoms with Crippen molar-refractivity contribution in [2.45, 2.75) is 44.3 Å². The summed E-state index contributed by atoms with van der Waals surface area (Å²) < 4.78 is 81.1. The molecule has 0 atom stereocenters. The maximum atomic E-state index is 13.6. The van der Waals surface area contributed by atoms with E-state index in [9.17, 15) is 35.9 Å². The average molecular weight is 483 g/mol. The van der Waals surface area contributed by atoms with Crippen LogP contribution in [0.15, 0.2) is 18.2 Å². The number of primary amides is 1. The molecule has 174 valence electrons. The van der Waals surface area contributed by atoms with Crippen LogP contribution >= 0.6 is 11.6 Å². The van der Waals surface area contributed by atoms with Gasteiger partial charge in [-0.25, -0.2) is 13.2 Å². The van der Waals surface area contributed by atoms with Crippen LogP contribution in [0.25, 0.3) is 0 Å². The summed E-state index contributed by atoms with van der Waals surface area (Å²) in [5.41, 5.74) is 2.24. The van der Waals surface area contributed by atoms with Crippen LogP contribution in [0.5, 0.6) is 0 Å². The molecule has 0 aliphatic heterocycles. The lowest BCUT2D eigenvalue weighted by molar-refractivity contribution is -0.141. The van der Waals surface area contributed by atoms with Gasteiger partial charge in [-0.2, -0.15) is 18.3 Å². The summed E-state index contributed by atoms with van der Waals surface area (Å²) in [5, 5.41) is 4.68. The quantitative estimate of drug-likeness (QED) is 0.596. The number of nitrogens with two attached hydrogens (primary N) is 1. The highest BCUT2D eigenvalue weighted by molar-refractivity contribution is 6.34. The molecule has 3 N–H and O–H groups in total. The van der Waals surface area contributed by atoms with Crippen molar-refractivity contribution in [1.82, 2.24) is 9.78 Å². The Morgan fingerprint density at radius 2 is 1.88 bits per heavy atom. The van der Waals surface area contributed by atoms with Gasteiger partial charge in [-0.15, -0.1) is 0 Å². The van der Waals surface area contributed by atoms with Gasteiger partial charge in [0.05, 0.1) is 5.56 Å². The predicted molar refractivity (Wildman–Crippen MR) is 102 cm³/mol. The number of hydrogen-bond acceptors (Lipinski definition) is 3. The van der Waals surface area contributed by atoms with Crippen LogP contribution in [-0.2, 0) is 12.7 Å². The Morgan fingerprint density at radius 3 is 2.44 bits per heavy atom. The van der Waals surface area contributed by atoms with E-state index in [1.165, 1.54) is 0 Å². The summed E-state index contributed by atoms with van der Waals surface area (Å²) in [6, 6.07) is 2.83. The fourth-order valence-electron chi connectivity index (χ4n) is 3.48. The van der Waals surface area contributed by atoms with Gasteiger partial charge in [-0.1, -0.05) is 11.6 Å². The number of amides is 2. The number of aromatic nitrogens is 2. The first kappa shape index (κ1) is 23.9. The number of rotatable bonds is 5. The van der Waals surface area contributed by atoms with Gasteiger partial charge in [-0.3, -0.25) is 14.3 Å². The molecule has 6 nitrogen and oxygen atoms in total. The smallest absolute Gasteiger partial charge is 0.366 e. The standard InChI is InChI=1S/C19H17ClF6N4O2/c20-13-14(17(32)28-10-1-2-12(21)11(7-10)16(27)31)30(29-15(13)19(24,25)26)8-9-3-5-18(22,23)6-4-9/h1-2,7,9H,3-6,8H2,(H2,27,31)(H,28,32). The molecule has 0 radical (unpaired) electrons. The summed E-state index contributed by atoms with van der Waals surface area (Å²) in [4.78, 5) is 24.0. The topological polar surface area (TPSA) is 90.0 Å². The summed E-state index contributed by atoms with van der Waals surface area (Å²) in [7, 11) is 0. The SMILES string of the molecule is NC(=O)c1cc(NC(=O)c2c(Cl)c(C(F)(F)F)nn2CC2CCC(F)(F)CC2)ccc1F. The molecule has 0 spiro atoms. The molecule has 1 aliphatic carbocycles. The lowest BCUT2D eigenvalue weighted by atomic mass is 9.87. The van der Waals surface area contributed by atoms with Crippen molar-refractivity contribution in [1.29, 1.82) is 0 Å². The predicted octanol–water partition coefficient (Wildman–Crippen LogP) is 4.87. The lowest BCUT2D eigenvalue weighted by Gasteiger charge is -2.28. The van der Waals surface area contributed by atoms with Gasteiger partial charge in [0.25, 0.3) is 11.8 Å². The molecule has 32 heavy (non-hydrogen) atoms. The van der Waals surface area contributed by atoms with Crippen molar-refractivity contribution in [2.24, 2.45) is 11.7 Å². The molecule has 0 bridgehead atoms. The van der Waals surface area contributed by atoms with Crippen LogP contribution in [0.2, 0.25) is 5.02 Å². The van der Waals surface area contributed by atoms with E-state index >= 15 is 0 Å². The zero-order chi connectivity index (χ0) is 23.8. The van der Waals surface area contributed by atoms with Crippen molar-refractivity contribution in [3.8, 4) is 0 Å². The molecular weight excluding hydrogens is 466 g/mol. The molecule has 3 rings (SSSR count). The minimum absolute atomic E-state index is 0.0345. The third-order valence-electron chi connectivity index (χ3n) is 5.14.